The molecule has 0 aliphatic rings. The third kappa shape index (κ3) is 4.10. The fraction of sp³-hybridized carbons (Fsp3) is 0.364. The topological polar surface area (TPSA) is 92.5 Å². The van der Waals surface area contributed by atoms with Gasteiger partial charge in [-0.25, -0.2) is 4.39 Å². The number of aliphatic hydroxyl groups excluding tert-OH is 1. The minimum Gasteiger partial charge on any atom is -0.396 e. The zero-order chi connectivity index (χ0) is 13.5. The lowest BCUT2D eigenvalue weighted by atomic mass is 10.2. The average molecular weight is 256 g/mol. The third-order valence-corrected chi connectivity index (χ3v) is 2.24. The van der Waals surface area contributed by atoms with E-state index >= 15 is 0 Å². The molecule has 0 saturated heterocycles. The number of halogens is 1. The summed E-state index contributed by atoms with van der Waals surface area (Å²) in [5.41, 5.74) is -0.513. The first kappa shape index (κ1) is 14.0. The number of nitro groups is 1. The summed E-state index contributed by atoms with van der Waals surface area (Å²) in [6, 6.07) is 2.94. The van der Waals surface area contributed by atoms with Crippen molar-refractivity contribution < 1.29 is 19.2 Å². The van der Waals surface area contributed by atoms with Crippen LogP contribution in [0.25, 0.3) is 0 Å². The summed E-state index contributed by atoms with van der Waals surface area (Å²) in [5.74, 6) is -1.14. The van der Waals surface area contributed by atoms with E-state index in [0.717, 1.165) is 18.2 Å². The molecule has 0 atom stereocenters. The maximum Gasteiger partial charge on any atom is 0.295 e. The molecule has 7 heteroatoms. The molecular weight excluding hydrogens is 243 g/mol. The monoisotopic (exact) mass is 256 g/mol. The summed E-state index contributed by atoms with van der Waals surface area (Å²) in [4.78, 5) is 21.4. The maximum atomic E-state index is 12.8. The van der Waals surface area contributed by atoms with E-state index in [0.29, 0.717) is 12.8 Å². The van der Waals surface area contributed by atoms with Crippen LogP contribution in [0.4, 0.5) is 15.8 Å². The molecule has 0 fully saturated rings. The van der Waals surface area contributed by atoms with Crippen LogP contribution in [0.5, 0.6) is 0 Å². The zero-order valence-electron chi connectivity index (χ0n) is 9.56. The van der Waals surface area contributed by atoms with Gasteiger partial charge in [-0.3, -0.25) is 14.9 Å². The van der Waals surface area contributed by atoms with E-state index in [9.17, 15) is 19.3 Å². The van der Waals surface area contributed by atoms with Crippen LogP contribution in [-0.4, -0.2) is 22.5 Å². The largest absolute Gasteiger partial charge is 0.396 e. The SMILES string of the molecule is O=C(CCCCO)Nc1ccc(F)cc1[N+](=O)[O-]. The molecule has 1 rings (SSSR count). The number of nitrogens with zero attached hydrogens (tertiary/aromatic N) is 1. The molecule has 2 N–H and O–H groups in total. The van der Waals surface area contributed by atoms with Crippen molar-refractivity contribution in [1.29, 1.82) is 0 Å². The van der Waals surface area contributed by atoms with Crippen molar-refractivity contribution in [3.63, 3.8) is 0 Å². The van der Waals surface area contributed by atoms with E-state index in [1.807, 2.05) is 0 Å². The fourth-order valence-electron chi connectivity index (χ4n) is 1.37. The number of nitrogens with one attached hydrogen (secondary N) is 1. The predicted octanol–water partition coefficient (Wildman–Crippen LogP) is 1.83. The number of hydrogen-bond acceptors (Lipinski definition) is 4. The van der Waals surface area contributed by atoms with Gasteiger partial charge < -0.3 is 10.4 Å². The van der Waals surface area contributed by atoms with Crippen LogP contribution >= 0.6 is 0 Å². The molecule has 0 aromatic heterocycles. The van der Waals surface area contributed by atoms with Gasteiger partial charge in [-0.1, -0.05) is 0 Å². The number of benzene rings is 1. The van der Waals surface area contributed by atoms with Crippen LogP contribution in [0.3, 0.4) is 0 Å². The average Bonchev–Trinajstić information content (AvgIpc) is 2.31. The Morgan fingerprint density at radius 1 is 1.44 bits per heavy atom. The number of nitro benzene ring substituents is 1. The zero-order valence-corrected chi connectivity index (χ0v) is 9.56. The molecule has 18 heavy (non-hydrogen) atoms. The van der Waals surface area contributed by atoms with Gasteiger partial charge in [0.05, 0.1) is 11.0 Å². The van der Waals surface area contributed by atoms with Crippen molar-refractivity contribution in [2.45, 2.75) is 19.3 Å². The lowest BCUT2D eigenvalue weighted by Crippen LogP contribution is -2.12. The van der Waals surface area contributed by atoms with Crippen LogP contribution in [0.15, 0.2) is 18.2 Å². The first-order chi connectivity index (χ1) is 8.54. The molecule has 0 aliphatic heterocycles. The quantitative estimate of drug-likeness (QED) is 0.461. The van der Waals surface area contributed by atoms with Gasteiger partial charge in [0.2, 0.25) is 5.91 Å². The Balaban J connectivity index is 2.72. The Hall–Kier alpha value is -2.02. The van der Waals surface area contributed by atoms with Gasteiger partial charge in [-0.05, 0) is 25.0 Å². The molecule has 1 amide bonds. The minimum atomic E-state index is -0.758. The van der Waals surface area contributed by atoms with E-state index in [2.05, 4.69) is 5.32 Å². The van der Waals surface area contributed by atoms with E-state index in [-0.39, 0.29) is 18.7 Å². The molecule has 98 valence electrons. The van der Waals surface area contributed by atoms with Crippen LogP contribution in [0.2, 0.25) is 0 Å². The number of carbonyl (C=O) groups is 1. The Bertz CT molecular complexity index is 451. The highest BCUT2D eigenvalue weighted by Crippen LogP contribution is 2.25. The minimum absolute atomic E-state index is 0.00994. The highest BCUT2D eigenvalue weighted by molar-refractivity contribution is 5.92. The molecule has 0 heterocycles. The van der Waals surface area contributed by atoms with Crippen molar-refractivity contribution in [2.24, 2.45) is 0 Å². The second-order valence-electron chi connectivity index (χ2n) is 3.65. The van der Waals surface area contributed by atoms with E-state index in [4.69, 9.17) is 5.11 Å². The maximum absolute atomic E-state index is 12.8. The molecule has 0 spiro atoms. The summed E-state index contributed by atoms with van der Waals surface area (Å²) in [5, 5.41) is 21.6. The molecule has 1 aromatic carbocycles. The smallest absolute Gasteiger partial charge is 0.295 e. The van der Waals surface area contributed by atoms with Gasteiger partial charge in [0.25, 0.3) is 5.69 Å². The van der Waals surface area contributed by atoms with Gasteiger partial charge in [-0.2, -0.15) is 0 Å². The molecule has 0 saturated carbocycles. The van der Waals surface area contributed by atoms with Crippen LogP contribution in [0.1, 0.15) is 19.3 Å². The van der Waals surface area contributed by atoms with Gasteiger partial charge in [0.1, 0.15) is 11.5 Å². The summed E-state index contributed by atoms with van der Waals surface area (Å²) < 4.78 is 12.8. The molecule has 6 nitrogen and oxygen atoms in total. The van der Waals surface area contributed by atoms with E-state index in [1.165, 1.54) is 0 Å². The van der Waals surface area contributed by atoms with Crippen LogP contribution in [-0.2, 0) is 4.79 Å². The van der Waals surface area contributed by atoms with Crippen molar-refractivity contribution in [3.05, 3.63) is 34.1 Å². The molecule has 1 aromatic rings. The van der Waals surface area contributed by atoms with Crippen molar-refractivity contribution >= 4 is 17.3 Å². The summed E-state index contributed by atoms with van der Waals surface area (Å²) in [6.45, 7) is -0.00994. The highest BCUT2D eigenvalue weighted by Gasteiger charge is 2.16. The van der Waals surface area contributed by atoms with Crippen molar-refractivity contribution in [3.8, 4) is 0 Å². The Morgan fingerprint density at radius 2 is 2.17 bits per heavy atom. The van der Waals surface area contributed by atoms with Gasteiger partial charge >= 0.3 is 0 Å². The summed E-state index contributed by atoms with van der Waals surface area (Å²) in [7, 11) is 0. The first-order valence-electron chi connectivity index (χ1n) is 5.39. The Morgan fingerprint density at radius 3 is 2.78 bits per heavy atom. The molecule has 0 unspecified atom stereocenters. The number of aliphatic hydroxyl groups is 1. The number of hydrogen-bond donors (Lipinski definition) is 2. The molecule has 0 radical (unpaired) electrons. The van der Waals surface area contributed by atoms with Crippen LogP contribution in [0, 0.1) is 15.9 Å². The van der Waals surface area contributed by atoms with Crippen LogP contribution < -0.4 is 5.32 Å². The van der Waals surface area contributed by atoms with Gasteiger partial charge in [0.15, 0.2) is 0 Å². The second-order valence-corrected chi connectivity index (χ2v) is 3.65. The third-order valence-electron chi connectivity index (χ3n) is 2.24. The van der Waals surface area contributed by atoms with Gasteiger partial charge in [-0.15, -0.1) is 0 Å². The molecule has 0 aliphatic carbocycles. The number of rotatable bonds is 6. The number of amides is 1. The highest BCUT2D eigenvalue weighted by atomic mass is 19.1. The number of anilines is 1. The molecular formula is C11H13FN2O4. The summed E-state index contributed by atoms with van der Waals surface area (Å²) >= 11 is 0. The Labute approximate surface area is 103 Å². The molecule has 0 bridgehead atoms. The standard InChI is InChI=1S/C11H13FN2O4/c12-8-4-5-9(10(7-8)14(17)18)13-11(16)3-1-2-6-15/h4-5,7,15H,1-3,6H2,(H,13,16). The van der Waals surface area contributed by atoms with E-state index in [1.54, 1.807) is 0 Å². The van der Waals surface area contributed by atoms with E-state index < -0.39 is 22.3 Å². The predicted molar refractivity (Wildman–Crippen MR) is 62.6 cm³/mol. The van der Waals surface area contributed by atoms with Crippen molar-refractivity contribution in [2.75, 3.05) is 11.9 Å². The first-order valence-corrected chi connectivity index (χ1v) is 5.39. The van der Waals surface area contributed by atoms with Crippen molar-refractivity contribution in [1.82, 2.24) is 0 Å². The lowest BCUT2D eigenvalue weighted by Gasteiger charge is -2.05. The van der Waals surface area contributed by atoms with Gasteiger partial charge in [0, 0.05) is 13.0 Å². The fourth-order valence-corrected chi connectivity index (χ4v) is 1.37. The lowest BCUT2D eigenvalue weighted by molar-refractivity contribution is -0.384. The summed E-state index contributed by atoms with van der Waals surface area (Å²) in [6.07, 6.45) is 1.12. The second kappa shape index (κ2) is 6.65. The Kier molecular flexibility index (Phi) is 5.19. The number of unbranched alkanes of at least 4 members (excludes halogenated alkanes) is 1. The normalized spacial score (nSPS) is 10.1. The number of carbonyl (C=O) groups excluding carboxylic acids is 1.